The van der Waals surface area contributed by atoms with E-state index in [4.69, 9.17) is 8.23 Å². The van der Waals surface area contributed by atoms with E-state index < -0.39 is 25.2 Å². The van der Waals surface area contributed by atoms with E-state index in [1.54, 1.807) is 0 Å². The van der Waals surface area contributed by atoms with Crippen molar-refractivity contribution in [3.63, 3.8) is 0 Å². The second kappa shape index (κ2) is 23.7. The SMILES string of the molecule is C.C.CCCCCCCCCCC[Si](C)(C)O[Si](C)(C)O[Si](C)(C)CCCCCCCCCCC. The smallest absolute Gasteiger partial charge is 0.311 e. The van der Waals surface area contributed by atoms with Gasteiger partial charge in [0.25, 0.3) is 0 Å². The molecule has 5 heteroatoms. The van der Waals surface area contributed by atoms with Crippen molar-refractivity contribution in [1.82, 2.24) is 0 Å². The fourth-order valence-corrected chi connectivity index (χ4v) is 19.4. The van der Waals surface area contributed by atoms with E-state index in [0.29, 0.717) is 0 Å². The van der Waals surface area contributed by atoms with Gasteiger partial charge >= 0.3 is 8.56 Å². The van der Waals surface area contributed by atoms with Crippen LogP contribution in [0.2, 0.25) is 51.4 Å². The predicted molar refractivity (Wildman–Crippen MR) is 172 cm³/mol. The Morgan fingerprint density at radius 2 is 0.600 bits per heavy atom. The third-order valence-corrected chi connectivity index (χ3v) is 18.3. The highest BCUT2D eigenvalue weighted by molar-refractivity contribution is 6.87. The molecule has 0 spiro atoms. The zero-order valence-electron chi connectivity index (χ0n) is 24.5. The molecule has 0 aromatic rings. The molecular weight excluding hydrogens is 477 g/mol. The summed E-state index contributed by atoms with van der Waals surface area (Å²) in [5.74, 6) is 0. The Labute approximate surface area is 228 Å². The highest BCUT2D eigenvalue weighted by Crippen LogP contribution is 2.27. The van der Waals surface area contributed by atoms with E-state index in [-0.39, 0.29) is 14.9 Å². The van der Waals surface area contributed by atoms with Gasteiger partial charge in [0.15, 0.2) is 16.6 Å². The molecule has 0 radical (unpaired) electrons. The van der Waals surface area contributed by atoms with E-state index >= 15 is 0 Å². The second-order valence-electron chi connectivity index (χ2n) is 12.3. The Morgan fingerprint density at radius 1 is 0.371 bits per heavy atom. The lowest BCUT2D eigenvalue weighted by Crippen LogP contribution is -2.52. The van der Waals surface area contributed by atoms with Gasteiger partial charge in [0.2, 0.25) is 0 Å². The van der Waals surface area contributed by atoms with Crippen molar-refractivity contribution >= 4 is 25.2 Å². The van der Waals surface area contributed by atoms with E-state index in [0.717, 1.165) is 0 Å². The molecule has 0 aromatic heterocycles. The maximum Gasteiger partial charge on any atom is 0.311 e. The predicted octanol–water partition coefficient (Wildman–Crippen LogP) is 12.5. The van der Waals surface area contributed by atoms with Crippen molar-refractivity contribution in [2.75, 3.05) is 0 Å². The molecule has 0 saturated carbocycles. The molecule has 0 N–H and O–H groups in total. The fourth-order valence-electron chi connectivity index (χ4n) is 5.18. The zero-order valence-corrected chi connectivity index (χ0v) is 27.5. The molecule has 0 unspecified atom stereocenters. The first kappa shape index (κ1) is 40.1. The molecule has 0 fully saturated rings. The monoisotopic (exact) mass is 548 g/mol. The zero-order chi connectivity index (χ0) is 25.1. The van der Waals surface area contributed by atoms with Crippen LogP contribution in [0.5, 0.6) is 0 Å². The van der Waals surface area contributed by atoms with Crippen molar-refractivity contribution < 1.29 is 8.23 Å². The van der Waals surface area contributed by atoms with Gasteiger partial charge in [-0.3, -0.25) is 0 Å². The summed E-state index contributed by atoms with van der Waals surface area (Å²) < 4.78 is 13.6. The number of rotatable bonds is 24. The summed E-state index contributed by atoms with van der Waals surface area (Å²) in [4.78, 5) is 0. The van der Waals surface area contributed by atoms with Crippen LogP contribution in [-0.2, 0) is 8.23 Å². The van der Waals surface area contributed by atoms with Crippen molar-refractivity contribution in [2.45, 2.75) is 196 Å². The van der Waals surface area contributed by atoms with Gasteiger partial charge in [0.05, 0.1) is 0 Å². The van der Waals surface area contributed by atoms with Crippen molar-refractivity contribution in [2.24, 2.45) is 0 Å². The van der Waals surface area contributed by atoms with Gasteiger partial charge in [-0.1, -0.05) is 144 Å². The average Bonchev–Trinajstić information content (AvgIpc) is 2.69. The second-order valence-corrected chi connectivity index (χ2v) is 24.8. The van der Waals surface area contributed by atoms with Crippen LogP contribution in [0.1, 0.15) is 144 Å². The van der Waals surface area contributed by atoms with Crippen LogP contribution in [0, 0.1) is 0 Å². The highest BCUT2D eigenvalue weighted by atomic mass is 28.5. The minimum absolute atomic E-state index is 0. The molecule has 0 aliphatic heterocycles. The quantitative estimate of drug-likeness (QED) is 0.0881. The molecule has 0 rings (SSSR count). The maximum atomic E-state index is 6.82. The molecule has 35 heavy (non-hydrogen) atoms. The third kappa shape index (κ3) is 27.4. The van der Waals surface area contributed by atoms with Crippen LogP contribution >= 0.6 is 0 Å². The Hall–Kier alpha value is 0.571. The Balaban J connectivity index is -0.00000512. The molecule has 0 aliphatic carbocycles. The molecule has 216 valence electrons. The first-order valence-corrected chi connectivity index (χ1v) is 24.0. The van der Waals surface area contributed by atoms with Gasteiger partial charge in [-0.25, -0.2) is 0 Å². The standard InChI is InChI=1S/C28H64O2Si3.2CH4/c1-9-11-13-15-17-19-21-23-25-27-31(3,4)29-33(7,8)30-32(5,6)28-26-24-22-20-18-16-14-12-10-2;;/h9-28H2,1-8H3;2*1H4. The summed E-state index contributed by atoms with van der Waals surface area (Å²) in [6.07, 6.45) is 25.3. The van der Waals surface area contributed by atoms with Crippen LogP contribution < -0.4 is 0 Å². The Kier molecular flexibility index (Phi) is 27.1. The van der Waals surface area contributed by atoms with Crippen molar-refractivity contribution in [3.8, 4) is 0 Å². The van der Waals surface area contributed by atoms with E-state index in [1.165, 1.54) is 128 Å². The molecule has 0 heterocycles. The lowest BCUT2D eigenvalue weighted by Gasteiger charge is -2.39. The largest absolute Gasteiger partial charge is 0.437 e. The van der Waals surface area contributed by atoms with Crippen LogP contribution in [0.4, 0.5) is 0 Å². The van der Waals surface area contributed by atoms with Crippen LogP contribution in [0.15, 0.2) is 0 Å². The molecule has 0 saturated heterocycles. The molecule has 0 aromatic carbocycles. The number of hydrogen-bond donors (Lipinski definition) is 0. The first-order valence-electron chi connectivity index (χ1n) is 14.9. The minimum atomic E-state index is -2.04. The summed E-state index contributed by atoms with van der Waals surface area (Å²) in [6.45, 7) is 18.9. The number of unbranched alkanes of at least 4 members (excludes halogenated alkanes) is 16. The average molecular weight is 549 g/mol. The van der Waals surface area contributed by atoms with Crippen molar-refractivity contribution in [1.29, 1.82) is 0 Å². The number of hydrogen-bond acceptors (Lipinski definition) is 2. The summed E-state index contributed by atoms with van der Waals surface area (Å²) in [5.41, 5.74) is 0. The summed E-state index contributed by atoms with van der Waals surface area (Å²) in [7, 11) is -5.30. The highest BCUT2D eigenvalue weighted by Gasteiger charge is 2.39. The van der Waals surface area contributed by atoms with E-state index in [9.17, 15) is 0 Å². The van der Waals surface area contributed by atoms with Gasteiger partial charge in [-0.15, -0.1) is 0 Å². The summed E-state index contributed by atoms with van der Waals surface area (Å²) >= 11 is 0. The topological polar surface area (TPSA) is 18.5 Å². The molecule has 0 atom stereocenters. The van der Waals surface area contributed by atoms with Crippen LogP contribution in [0.25, 0.3) is 0 Å². The van der Waals surface area contributed by atoms with Gasteiger partial charge in [0, 0.05) is 0 Å². The Morgan fingerprint density at radius 3 is 0.857 bits per heavy atom. The van der Waals surface area contributed by atoms with Crippen LogP contribution in [0.3, 0.4) is 0 Å². The first-order chi connectivity index (χ1) is 15.5. The molecule has 0 bridgehead atoms. The van der Waals surface area contributed by atoms with E-state index in [1.807, 2.05) is 0 Å². The van der Waals surface area contributed by atoms with Crippen molar-refractivity contribution in [3.05, 3.63) is 0 Å². The summed E-state index contributed by atoms with van der Waals surface area (Å²) in [5, 5.41) is 0. The molecule has 0 amide bonds. The third-order valence-electron chi connectivity index (χ3n) is 6.81. The molecular formula is C30H72O2Si3. The lowest BCUT2D eigenvalue weighted by molar-refractivity contribution is 0.385. The van der Waals surface area contributed by atoms with Crippen LogP contribution in [-0.4, -0.2) is 25.2 Å². The normalized spacial score (nSPS) is 12.3. The minimum Gasteiger partial charge on any atom is -0.437 e. The van der Waals surface area contributed by atoms with Gasteiger partial charge < -0.3 is 8.23 Å². The molecule has 0 aliphatic rings. The summed E-state index contributed by atoms with van der Waals surface area (Å²) in [6, 6.07) is 2.59. The molecule has 2 nitrogen and oxygen atoms in total. The fraction of sp³-hybridized carbons (Fsp3) is 1.00. The maximum absolute atomic E-state index is 6.82. The van der Waals surface area contributed by atoms with Gasteiger partial charge in [-0.2, -0.15) is 0 Å². The van der Waals surface area contributed by atoms with E-state index in [2.05, 4.69) is 53.1 Å². The Bertz CT molecular complexity index is 401. The van der Waals surface area contributed by atoms with Gasteiger partial charge in [0.1, 0.15) is 0 Å². The van der Waals surface area contributed by atoms with Gasteiger partial charge in [-0.05, 0) is 51.4 Å². The lowest BCUT2D eigenvalue weighted by atomic mass is 10.1.